The van der Waals surface area contributed by atoms with Crippen LogP contribution in [0.2, 0.25) is 0 Å². The van der Waals surface area contributed by atoms with E-state index < -0.39 is 0 Å². The van der Waals surface area contributed by atoms with E-state index in [1.54, 1.807) is 12.1 Å². The molecule has 0 saturated carbocycles. The molecule has 186 valence electrons. The Balaban J connectivity index is 0.00000272. The van der Waals surface area contributed by atoms with Crippen LogP contribution in [0.4, 0.5) is 0 Å². The van der Waals surface area contributed by atoms with E-state index in [4.69, 9.17) is 5.73 Å². The van der Waals surface area contributed by atoms with Crippen molar-refractivity contribution < 1.29 is 20.4 Å². The minimum absolute atomic E-state index is 0. The van der Waals surface area contributed by atoms with E-state index in [0.717, 1.165) is 81.1 Å². The third-order valence-corrected chi connectivity index (χ3v) is 6.42. The summed E-state index contributed by atoms with van der Waals surface area (Å²) in [6.07, 6.45) is 9.06. The molecule has 2 unspecified atom stereocenters. The van der Waals surface area contributed by atoms with Gasteiger partial charge in [-0.05, 0) is 86.9 Å². The summed E-state index contributed by atoms with van der Waals surface area (Å²) >= 11 is 0. The molecule has 8 heteroatoms. The zero-order valence-corrected chi connectivity index (χ0v) is 22.4. The van der Waals surface area contributed by atoms with E-state index in [1.165, 1.54) is 12.5 Å². The molecule has 2 atom stereocenters. The van der Waals surface area contributed by atoms with Crippen molar-refractivity contribution in [3.8, 4) is 23.0 Å². The summed E-state index contributed by atoms with van der Waals surface area (Å²) in [4.78, 5) is 0. The normalized spacial score (nSPS) is 17.0. The highest BCUT2D eigenvalue weighted by Gasteiger charge is 2.29. The van der Waals surface area contributed by atoms with Gasteiger partial charge in [0, 0.05) is 11.6 Å². The number of phenolic OH excluding ortho intramolecular Hbond substituents is 4. The summed E-state index contributed by atoms with van der Waals surface area (Å²) in [6, 6.07) is 8.62. The fourth-order valence-corrected chi connectivity index (χ4v) is 4.60. The Labute approximate surface area is 217 Å². The van der Waals surface area contributed by atoms with Crippen LogP contribution in [0.3, 0.4) is 0 Å². The molecule has 33 heavy (non-hydrogen) atoms. The molecule has 2 aromatic carbocycles. The molecule has 0 radical (unpaired) electrons. The number of fused-ring (bicyclic) bond motifs is 1. The van der Waals surface area contributed by atoms with E-state index in [0.29, 0.717) is 0 Å². The third-order valence-electron chi connectivity index (χ3n) is 6.42. The van der Waals surface area contributed by atoms with Crippen molar-refractivity contribution in [2.45, 2.75) is 69.7 Å². The van der Waals surface area contributed by atoms with Crippen molar-refractivity contribution in [3.63, 3.8) is 0 Å². The molecular weight excluding hydrogens is 552 g/mol. The minimum atomic E-state index is -0.0750. The van der Waals surface area contributed by atoms with Gasteiger partial charge in [0.2, 0.25) is 0 Å². The Bertz CT molecular complexity index is 867. The number of hydrogen-bond acceptors (Lipinski definition) is 6. The fraction of sp³-hybridized carbons (Fsp3) is 0.520. The summed E-state index contributed by atoms with van der Waals surface area (Å²) in [7, 11) is 0. The fourth-order valence-electron chi connectivity index (χ4n) is 4.60. The molecule has 1 aliphatic carbocycles. The first-order chi connectivity index (χ1) is 15.0. The Kier molecular flexibility index (Phi) is 13.2. The topological polar surface area (TPSA) is 119 Å². The van der Waals surface area contributed by atoms with Crippen LogP contribution < -0.4 is 11.1 Å². The monoisotopic (exact) mass is 588 g/mol. The van der Waals surface area contributed by atoms with Crippen LogP contribution in [0, 0.1) is 0 Å². The number of nitrogens with one attached hydrogen (secondary N) is 1. The average molecular weight is 590 g/mol. The van der Waals surface area contributed by atoms with Crippen LogP contribution in [0.1, 0.15) is 67.6 Å². The van der Waals surface area contributed by atoms with E-state index in [1.807, 2.05) is 12.1 Å². The second-order valence-electron chi connectivity index (χ2n) is 8.69. The average Bonchev–Trinajstić information content (AvgIpc) is 2.75. The summed E-state index contributed by atoms with van der Waals surface area (Å²) in [5.41, 5.74) is 9.38. The van der Waals surface area contributed by atoms with Gasteiger partial charge in [0.25, 0.3) is 0 Å². The molecule has 0 saturated heterocycles. The van der Waals surface area contributed by atoms with Gasteiger partial charge in [-0.3, -0.25) is 0 Å². The second kappa shape index (κ2) is 14.7. The van der Waals surface area contributed by atoms with Crippen LogP contribution in [0.5, 0.6) is 23.0 Å². The highest BCUT2D eigenvalue weighted by atomic mass is 79.9. The molecule has 0 amide bonds. The Morgan fingerprint density at radius 1 is 0.818 bits per heavy atom. The first kappa shape index (κ1) is 29.6. The summed E-state index contributed by atoms with van der Waals surface area (Å²) in [6.45, 7) is 1.94. The maximum absolute atomic E-state index is 10.1. The van der Waals surface area contributed by atoms with Gasteiger partial charge in [-0.2, -0.15) is 0 Å². The highest BCUT2D eigenvalue weighted by Crippen LogP contribution is 2.42. The number of nitrogens with two attached hydrogens (primary N) is 1. The SMILES string of the molecule is Br.Br.NC1CCc2c(ccc(O)c2O)C1CCCCCCNCCCc1ccc(O)c(O)c1. The van der Waals surface area contributed by atoms with E-state index in [2.05, 4.69) is 5.32 Å². The van der Waals surface area contributed by atoms with Crippen molar-refractivity contribution >= 4 is 34.0 Å². The van der Waals surface area contributed by atoms with Gasteiger partial charge in [0.05, 0.1) is 0 Å². The smallest absolute Gasteiger partial charge is 0.160 e. The Morgan fingerprint density at radius 2 is 1.52 bits per heavy atom. The van der Waals surface area contributed by atoms with Crippen molar-refractivity contribution in [3.05, 3.63) is 47.0 Å². The molecule has 6 nitrogen and oxygen atoms in total. The number of benzene rings is 2. The van der Waals surface area contributed by atoms with Gasteiger partial charge in [0.15, 0.2) is 23.0 Å². The Morgan fingerprint density at radius 3 is 2.27 bits per heavy atom. The minimum Gasteiger partial charge on any atom is -0.504 e. The highest BCUT2D eigenvalue weighted by molar-refractivity contribution is 8.93. The van der Waals surface area contributed by atoms with Crippen LogP contribution >= 0.6 is 34.0 Å². The van der Waals surface area contributed by atoms with E-state index in [-0.39, 0.29) is 68.9 Å². The van der Waals surface area contributed by atoms with Crippen molar-refractivity contribution in [2.24, 2.45) is 5.73 Å². The van der Waals surface area contributed by atoms with Gasteiger partial charge >= 0.3 is 0 Å². The van der Waals surface area contributed by atoms with Gasteiger partial charge < -0.3 is 31.5 Å². The molecule has 0 aliphatic heterocycles. The molecule has 0 fully saturated rings. The lowest BCUT2D eigenvalue weighted by molar-refractivity contribution is 0.380. The van der Waals surface area contributed by atoms with E-state index >= 15 is 0 Å². The molecule has 7 N–H and O–H groups in total. The summed E-state index contributed by atoms with van der Waals surface area (Å²) in [5.74, 6) is 0.115. The van der Waals surface area contributed by atoms with Gasteiger partial charge in [-0.1, -0.05) is 31.4 Å². The number of aromatic hydroxyl groups is 4. The molecule has 2 aromatic rings. The standard InChI is InChI=1S/C25H36N2O4.2BrH/c26-21-11-9-20-18(10-13-23(29)25(20)31)19(21)7-3-1-2-4-14-27-15-5-6-17-8-12-22(28)24(30)16-17;;/h8,10,12-13,16,19,21,27-31H,1-7,9,11,14-15,26H2;2*1H. The maximum atomic E-state index is 10.1. The van der Waals surface area contributed by atoms with Crippen LogP contribution in [0.25, 0.3) is 0 Å². The van der Waals surface area contributed by atoms with Crippen molar-refractivity contribution in [1.29, 1.82) is 0 Å². The largest absolute Gasteiger partial charge is 0.504 e. The number of phenols is 4. The number of halogens is 2. The van der Waals surface area contributed by atoms with Gasteiger partial charge in [-0.25, -0.2) is 0 Å². The molecule has 0 aromatic heterocycles. The molecule has 3 rings (SSSR count). The molecule has 1 aliphatic rings. The van der Waals surface area contributed by atoms with Crippen molar-refractivity contribution in [2.75, 3.05) is 13.1 Å². The quantitative estimate of drug-likeness (QED) is 0.158. The van der Waals surface area contributed by atoms with E-state index in [9.17, 15) is 20.4 Å². The predicted octanol–water partition coefficient (Wildman–Crippen LogP) is 5.19. The first-order valence-electron chi connectivity index (χ1n) is 11.5. The van der Waals surface area contributed by atoms with Crippen LogP contribution in [0.15, 0.2) is 30.3 Å². The van der Waals surface area contributed by atoms with Crippen LogP contribution in [-0.2, 0) is 12.8 Å². The number of aryl methyl sites for hydroxylation is 1. The number of hydrogen-bond donors (Lipinski definition) is 6. The lowest BCUT2D eigenvalue weighted by atomic mass is 9.76. The summed E-state index contributed by atoms with van der Waals surface area (Å²) in [5, 5.41) is 42.2. The number of rotatable bonds is 11. The summed E-state index contributed by atoms with van der Waals surface area (Å²) < 4.78 is 0. The lowest BCUT2D eigenvalue weighted by Gasteiger charge is -2.32. The Hall–Kier alpha value is -1.48. The maximum Gasteiger partial charge on any atom is 0.160 e. The molecular formula is C25H38Br2N2O4. The number of unbranched alkanes of at least 4 members (excludes halogenated alkanes) is 3. The van der Waals surface area contributed by atoms with Gasteiger partial charge in [-0.15, -0.1) is 34.0 Å². The van der Waals surface area contributed by atoms with Crippen LogP contribution in [-0.4, -0.2) is 39.6 Å². The third kappa shape index (κ3) is 8.35. The molecule has 0 spiro atoms. The first-order valence-corrected chi connectivity index (χ1v) is 11.5. The zero-order valence-electron chi connectivity index (χ0n) is 19.0. The molecule has 0 heterocycles. The zero-order chi connectivity index (χ0) is 22.2. The lowest BCUT2D eigenvalue weighted by Crippen LogP contribution is -2.33. The predicted molar refractivity (Wildman–Crippen MR) is 144 cm³/mol. The second-order valence-corrected chi connectivity index (χ2v) is 8.69. The van der Waals surface area contributed by atoms with Gasteiger partial charge in [0.1, 0.15) is 0 Å². The molecule has 0 bridgehead atoms. The van der Waals surface area contributed by atoms with Crippen molar-refractivity contribution in [1.82, 2.24) is 5.32 Å².